The molecule has 116 valence electrons. The molecule has 1 N–H and O–H groups in total. The van der Waals surface area contributed by atoms with Crippen LogP contribution in [0.1, 0.15) is 25.8 Å². The maximum atomic E-state index is 12.5. The fraction of sp³-hybridized carbons (Fsp3) is 0.467. The van der Waals surface area contributed by atoms with E-state index in [4.69, 9.17) is 0 Å². The average Bonchev–Trinajstić information content (AvgIpc) is 2.55. The van der Waals surface area contributed by atoms with Gasteiger partial charge < -0.3 is 5.11 Å². The molecule has 0 radical (unpaired) electrons. The summed E-state index contributed by atoms with van der Waals surface area (Å²) in [5, 5.41) is 10.2. The van der Waals surface area contributed by atoms with E-state index in [1.807, 2.05) is 38.1 Å². The highest BCUT2D eigenvalue weighted by atomic mass is 79.9. The van der Waals surface area contributed by atoms with Gasteiger partial charge in [0.25, 0.3) is 0 Å². The quantitative estimate of drug-likeness (QED) is 0.882. The Morgan fingerprint density at radius 2 is 2.00 bits per heavy atom. The fourth-order valence-electron chi connectivity index (χ4n) is 2.58. The maximum Gasteiger partial charge on any atom is 0.241 e. The van der Waals surface area contributed by atoms with E-state index in [2.05, 4.69) is 22.5 Å². The molecule has 1 aromatic rings. The number of rotatable bonds is 4. The van der Waals surface area contributed by atoms with Crippen LogP contribution in [0.3, 0.4) is 0 Å². The second-order valence-corrected chi connectivity index (χ2v) is 8.55. The van der Waals surface area contributed by atoms with E-state index in [-0.39, 0.29) is 17.4 Å². The molecule has 0 unspecified atom stereocenters. The fourth-order valence-corrected chi connectivity index (χ4v) is 4.62. The standard InChI is InChI=1S/C15H20BrNO3S/c1-10(2)8-14-15(18)11(3)21(19,20)17(14)9-12-6-4-5-7-13(12)16/h4-7,10,14-15,18H,3,8-9H2,1-2H3/t14-,15+/m0/s1. The minimum Gasteiger partial charge on any atom is -0.386 e. The van der Waals surface area contributed by atoms with Crippen LogP contribution >= 0.6 is 15.9 Å². The summed E-state index contributed by atoms with van der Waals surface area (Å²) >= 11 is 3.44. The Balaban J connectivity index is 2.37. The van der Waals surface area contributed by atoms with Gasteiger partial charge in [0.05, 0.1) is 10.9 Å². The van der Waals surface area contributed by atoms with E-state index in [1.54, 1.807) is 0 Å². The highest BCUT2D eigenvalue weighted by Crippen LogP contribution is 2.36. The molecular weight excluding hydrogens is 354 g/mol. The predicted octanol–water partition coefficient (Wildman–Crippen LogP) is 2.88. The number of sulfonamides is 1. The van der Waals surface area contributed by atoms with Crippen LogP contribution < -0.4 is 0 Å². The molecule has 1 fully saturated rings. The van der Waals surface area contributed by atoms with Gasteiger partial charge in [0.2, 0.25) is 10.0 Å². The van der Waals surface area contributed by atoms with Crippen molar-refractivity contribution in [1.29, 1.82) is 0 Å². The molecule has 21 heavy (non-hydrogen) atoms. The average molecular weight is 374 g/mol. The third-order valence-electron chi connectivity index (χ3n) is 3.70. The molecule has 1 heterocycles. The van der Waals surface area contributed by atoms with Crippen LogP contribution in [0.2, 0.25) is 0 Å². The molecule has 6 heteroatoms. The summed E-state index contributed by atoms with van der Waals surface area (Å²) in [6.45, 7) is 7.82. The second-order valence-electron chi connectivity index (χ2n) is 5.75. The minimum absolute atomic E-state index is 0.0970. The lowest BCUT2D eigenvalue weighted by Gasteiger charge is -2.25. The van der Waals surface area contributed by atoms with E-state index < -0.39 is 22.2 Å². The van der Waals surface area contributed by atoms with E-state index in [0.717, 1.165) is 10.0 Å². The van der Waals surface area contributed by atoms with E-state index >= 15 is 0 Å². The predicted molar refractivity (Wildman–Crippen MR) is 87.0 cm³/mol. The molecule has 0 aromatic heterocycles. The Bertz CT molecular complexity index is 642. The SMILES string of the molecule is C=C1[C@@H](O)[C@H](CC(C)C)N(Cc2ccccc2Br)S1(=O)=O. The van der Waals surface area contributed by atoms with Crippen LogP contribution in [0.25, 0.3) is 0 Å². The number of nitrogens with zero attached hydrogens (tertiary/aromatic N) is 1. The summed E-state index contributed by atoms with van der Waals surface area (Å²) in [6, 6.07) is 7.05. The zero-order chi connectivity index (χ0) is 15.8. The molecule has 0 spiro atoms. The lowest BCUT2D eigenvalue weighted by atomic mass is 9.99. The van der Waals surface area contributed by atoms with Crippen molar-refractivity contribution < 1.29 is 13.5 Å². The van der Waals surface area contributed by atoms with Crippen molar-refractivity contribution in [3.05, 3.63) is 45.8 Å². The number of halogens is 1. The van der Waals surface area contributed by atoms with Gasteiger partial charge in [0.1, 0.15) is 6.10 Å². The summed E-state index contributed by atoms with van der Waals surface area (Å²) in [7, 11) is -3.66. The second kappa shape index (κ2) is 6.20. The van der Waals surface area contributed by atoms with Crippen LogP contribution in [0.4, 0.5) is 0 Å². The molecule has 0 saturated carbocycles. The Morgan fingerprint density at radius 1 is 1.38 bits per heavy atom. The van der Waals surface area contributed by atoms with Crippen LogP contribution in [-0.4, -0.2) is 30.0 Å². The van der Waals surface area contributed by atoms with Crippen LogP contribution in [0, 0.1) is 5.92 Å². The Morgan fingerprint density at radius 3 is 2.57 bits per heavy atom. The zero-order valence-corrected chi connectivity index (χ0v) is 14.6. The smallest absolute Gasteiger partial charge is 0.241 e. The number of hydrogen-bond acceptors (Lipinski definition) is 3. The van der Waals surface area contributed by atoms with E-state index in [0.29, 0.717) is 6.42 Å². The normalized spacial score (nSPS) is 25.7. The van der Waals surface area contributed by atoms with Gasteiger partial charge in [-0.1, -0.05) is 54.6 Å². The number of aliphatic hydroxyl groups is 1. The third kappa shape index (κ3) is 3.23. The first-order chi connectivity index (χ1) is 9.75. The van der Waals surface area contributed by atoms with Crippen molar-refractivity contribution in [3.8, 4) is 0 Å². The van der Waals surface area contributed by atoms with Gasteiger partial charge in [0.15, 0.2) is 0 Å². The Hall–Kier alpha value is -0.690. The van der Waals surface area contributed by atoms with Gasteiger partial charge >= 0.3 is 0 Å². The monoisotopic (exact) mass is 373 g/mol. The Labute approximate surface area is 134 Å². The first-order valence-corrected chi connectivity index (χ1v) is 9.10. The van der Waals surface area contributed by atoms with Crippen molar-refractivity contribution in [1.82, 2.24) is 4.31 Å². The molecule has 0 amide bonds. The maximum absolute atomic E-state index is 12.5. The zero-order valence-electron chi connectivity index (χ0n) is 12.2. The van der Waals surface area contributed by atoms with Gasteiger partial charge in [-0.2, -0.15) is 4.31 Å². The van der Waals surface area contributed by atoms with Gasteiger partial charge in [-0.05, 0) is 24.0 Å². The van der Waals surface area contributed by atoms with Crippen LogP contribution in [0.15, 0.2) is 40.2 Å². The van der Waals surface area contributed by atoms with Crippen molar-refractivity contribution >= 4 is 26.0 Å². The van der Waals surface area contributed by atoms with Crippen LogP contribution in [0.5, 0.6) is 0 Å². The molecule has 2 atom stereocenters. The highest BCUT2D eigenvalue weighted by Gasteiger charge is 2.47. The molecule has 2 rings (SSSR count). The first-order valence-electron chi connectivity index (χ1n) is 6.87. The van der Waals surface area contributed by atoms with Crippen molar-refractivity contribution in [2.75, 3.05) is 0 Å². The number of benzene rings is 1. The van der Waals surface area contributed by atoms with Gasteiger partial charge in [0, 0.05) is 11.0 Å². The molecule has 0 bridgehead atoms. The first kappa shape index (κ1) is 16.7. The molecule has 1 aliphatic heterocycles. The van der Waals surface area contributed by atoms with Gasteiger partial charge in [-0.15, -0.1) is 0 Å². The Kier molecular flexibility index (Phi) is 4.92. The summed E-state index contributed by atoms with van der Waals surface area (Å²) in [5.74, 6) is 0.285. The molecular formula is C15H20BrNO3S. The van der Waals surface area contributed by atoms with E-state index in [1.165, 1.54) is 4.31 Å². The number of hydrogen-bond donors (Lipinski definition) is 1. The molecule has 0 aliphatic carbocycles. The van der Waals surface area contributed by atoms with Crippen molar-refractivity contribution in [2.24, 2.45) is 5.92 Å². The largest absolute Gasteiger partial charge is 0.386 e. The lowest BCUT2D eigenvalue weighted by Crippen LogP contribution is -2.37. The van der Waals surface area contributed by atoms with Crippen LogP contribution in [-0.2, 0) is 16.6 Å². The topological polar surface area (TPSA) is 57.6 Å². The minimum atomic E-state index is -3.66. The summed E-state index contributed by atoms with van der Waals surface area (Å²) in [4.78, 5) is -0.0970. The van der Waals surface area contributed by atoms with Gasteiger partial charge in [-0.3, -0.25) is 0 Å². The summed E-state index contributed by atoms with van der Waals surface area (Å²) in [6.07, 6.45) is -0.427. The molecule has 1 aromatic carbocycles. The highest BCUT2D eigenvalue weighted by molar-refractivity contribution is 9.10. The van der Waals surface area contributed by atoms with Crippen molar-refractivity contribution in [2.45, 2.75) is 39.0 Å². The number of aliphatic hydroxyl groups excluding tert-OH is 1. The van der Waals surface area contributed by atoms with E-state index in [9.17, 15) is 13.5 Å². The summed E-state index contributed by atoms with van der Waals surface area (Å²) in [5.41, 5.74) is 0.872. The lowest BCUT2D eigenvalue weighted by molar-refractivity contribution is 0.125. The summed E-state index contributed by atoms with van der Waals surface area (Å²) < 4.78 is 27.2. The third-order valence-corrected chi connectivity index (χ3v) is 6.40. The van der Waals surface area contributed by atoms with Crippen molar-refractivity contribution in [3.63, 3.8) is 0 Å². The molecule has 1 saturated heterocycles. The molecule has 1 aliphatic rings. The van der Waals surface area contributed by atoms with Gasteiger partial charge in [-0.25, -0.2) is 8.42 Å². The molecule has 4 nitrogen and oxygen atoms in total.